The normalized spacial score (nSPS) is 10.4. The van der Waals surface area contributed by atoms with Gasteiger partial charge in [0.15, 0.2) is 0 Å². The van der Waals surface area contributed by atoms with Crippen LogP contribution in [0.4, 0.5) is 14.5 Å². The molecule has 0 saturated carbocycles. The lowest BCUT2D eigenvalue weighted by Gasteiger charge is -2.11. The maximum atomic E-state index is 12.2. The van der Waals surface area contributed by atoms with Crippen molar-refractivity contribution in [2.45, 2.75) is 13.5 Å². The van der Waals surface area contributed by atoms with E-state index in [2.05, 4.69) is 20.7 Å². The zero-order valence-corrected chi connectivity index (χ0v) is 10.5. The molecule has 0 bridgehead atoms. The van der Waals surface area contributed by atoms with Crippen LogP contribution in [-0.2, 0) is 4.74 Å². The summed E-state index contributed by atoms with van der Waals surface area (Å²) in [5.74, 6) is -1.04. The van der Waals surface area contributed by atoms with Crippen molar-refractivity contribution in [1.82, 2.24) is 0 Å². The fourth-order valence-electron chi connectivity index (χ4n) is 1.13. The first-order chi connectivity index (χ1) is 7.95. The summed E-state index contributed by atoms with van der Waals surface area (Å²) in [6, 6.07) is 2.42. The zero-order valence-electron chi connectivity index (χ0n) is 8.88. The molecule has 0 aliphatic carbocycles. The molecule has 0 atom stereocenters. The number of benzene rings is 1. The first-order valence-corrected chi connectivity index (χ1v) is 5.46. The van der Waals surface area contributed by atoms with Crippen molar-refractivity contribution >= 4 is 27.6 Å². The van der Waals surface area contributed by atoms with E-state index in [4.69, 9.17) is 10.5 Å². The molecular formula is C10H10BrF2NO3. The second-order valence-corrected chi connectivity index (χ2v) is 3.82. The third-order valence-corrected chi connectivity index (χ3v) is 2.50. The molecule has 2 N–H and O–H groups in total. The van der Waals surface area contributed by atoms with Crippen molar-refractivity contribution < 1.29 is 23.0 Å². The van der Waals surface area contributed by atoms with Gasteiger partial charge in [0.25, 0.3) is 0 Å². The summed E-state index contributed by atoms with van der Waals surface area (Å²) in [5, 5.41) is 0. The monoisotopic (exact) mass is 309 g/mol. The maximum absolute atomic E-state index is 12.2. The van der Waals surface area contributed by atoms with E-state index in [1.807, 2.05) is 0 Å². The average Bonchev–Trinajstić information content (AvgIpc) is 2.22. The summed E-state index contributed by atoms with van der Waals surface area (Å²) in [5.41, 5.74) is 5.66. The molecule has 1 rings (SSSR count). The summed E-state index contributed by atoms with van der Waals surface area (Å²) in [6.45, 7) is -1.30. The van der Waals surface area contributed by atoms with Crippen LogP contribution in [-0.4, -0.2) is 19.2 Å². The van der Waals surface area contributed by atoms with Crippen LogP contribution in [0.3, 0.4) is 0 Å². The Hall–Kier alpha value is -1.37. The molecule has 0 saturated heterocycles. The Morgan fingerprint density at radius 2 is 2.18 bits per heavy atom. The Bertz CT molecular complexity index is 426. The van der Waals surface area contributed by atoms with Gasteiger partial charge in [-0.15, -0.1) is 0 Å². The van der Waals surface area contributed by atoms with Gasteiger partial charge in [0.05, 0.1) is 6.61 Å². The Morgan fingerprint density at radius 1 is 1.53 bits per heavy atom. The molecule has 0 heterocycles. The Labute approximate surface area is 105 Å². The number of nitrogens with two attached hydrogens (primary N) is 1. The topological polar surface area (TPSA) is 61.5 Å². The van der Waals surface area contributed by atoms with Gasteiger partial charge in [-0.2, -0.15) is 8.78 Å². The number of nitrogen functional groups attached to an aromatic ring is 1. The smallest absolute Gasteiger partial charge is 0.387 e. The number of halogens is 3. The number of rotatable bonds is 4. The fraction of sp³-hybridized carbons (Fsp3) is 0.300. The lowest BCUT2D eigenvalue weighted by molar-refractivity contribution is -0.0504. The molecule has 4 nitrogen and oxygen atoms in total. The van der Waals surface area contributed by atoms with Gasteiger partial charge in [-0.05, 0) is 35.0 Å². The molecular weight excluding hydrogens is 300 g/mol. The van der Waals surface area contributed by atoms with Crippen LogP contribution in [0, 0.1) is 0 Å². The minimum Gasteiger partial charge on any atom is -0.462 e. The highest BCUT2D eigenvalue weighted by atomic mass is 79.9. The number of ether oxygens (including phenoxy) is 2. The van der Waals surface area contributed by atoms with Crippen molar-refractivity contribution in [3.8, 4) is 5.75 Å². The molecule has 7 heteroatoms. The molecule has 0 aliphatic rings. The highest BCUT2D eigenvalue weighted by Gasteiger charge is 2.18. The van der Waals surface area contributed by atoms with Crippen LogP contribution >= 0.6 is 15.9 Å². The SMILES string of the molecule is CCOC(=O)c1cc(N)c(Br)cc1OC(F)F. The quantitative estimate of drug-likeness (QED) is 0.686. The minimum atomic E-state index is -3.03. The second-order valence-electron chi connectivity index (χ2n) is 2.97. The van der Waals surface area contributed by atoms with E-state index in [9.17, 15) is 13.6 Å². The lowest BCUT2D eigenvalue weighted by Crippen LogP contribution is -2.11. The standard InChI is InChI=1S/C10H10BrF2NO3/c1-2-16-9(15)5-3-7(14)6(11)4-8(5)17-10(12)13/h3-4,10H,2,14H2,1H3. The predicted molar refractivity (Wildman–Crippen MR) is 61.1 cm³/mol. The second kappa shape index (κ2) is 5.81. The van der Waals surface area contributed by atoms with Crippen LogP contribution in [0.2, 0.25) is 0 Å². The Balaban J connectivity index is 3.15. The molecule has 0 radical (unpaired) electrons. The number of carbonyl (C=O) groups excluding carboxylic acids is 1. The number of carbonyl (C=O) groups is 1. The van der Waals surface area contributed by atoms with Gasteiger partial charge in [0.1, 0.15) is 11.3 Å². The van der Waals surface area contributed by atoms with E-state index >= 15 is 0 Å². The minimum absolute atomic E-state index is 0.128. The molecule has 0 spiro atoms. The van der Waals surface area contributed by atoms with Crippen LogP contribution in [0.1, 0.15) is 17.3 Å². The number of hydrogen-bond acceptors (Lipinski definition) is 4. The third-order valence-electron chi connectivity index (χ3n) is 1.81. The highest BCUT2D eigenvalue weighted by molar-refractivity contribution is 9.10. The van der Waals surface area contributed by atoms with Crippen molar-refractivity contribution in [1.29, 1.82) is 0 Å². The van der Waals surface area contributed by atoms with Gasteiger partial charge in [0, 0.05) is 10.2 Å². The van der Waals surface area contributed by atoms with Crippen molar-refractivity contribution in [2.75, 3.05) is 12.3 Å². The molecule has 1 aromatic rings. The number of esters is 1. The van der Waals surface area contributed by atoms with Crippen LogP contribution in [0.25, 0.3) is 0 Å². The van der Waals surface area contributed by atoms with E-state index in [-0.39, 0.29) is 23.6 Å². The molecule has 94 valence electrons. The van der Waals surface area contributed by atoms with E-state index in [1.54, 1.807) is 6.92 Å². The van der Waals surface area contributed by atoms with Crippen molar-refractivity contribution in [3.05, 3.63) is 22.2 Å². The Kier molecular flexibility index (Phi) is 4.68. The zero-order chi connectivity index (χ0) is 13.0. The largest absolute Gasteiger partial charge is 0.462 e. The van der Waals surface area contributed by atoms with Gasteiger partial charge in [-0.3, -0.25) is 0 Å². The molecule has 0 aliphatic heterocycles. The lowest BCUT2D eigenvalue weighted by atomic mass is 10.2. The molecule has 0 amide bonds. The maximum Gasteiger partial charge on any atom is 0.387 e. The van der Waals surface area contributed by atoms with Crippen molar-refractivity contribution in [3.63, 3.8) is 0 Å². The van der Waals surface area contributed by atoms with Gasteiger partial charge >= 0.3 is 12.6 Å². The number of anilines is 1. The summed E-state index contributed by atoms with van der Waals surface area (Å²) >= 11 is 3.06. The highest BCUT2D eigenvalue weighted by Crippen LogP contribution is 2.30. The predicted octanol–water partition coefficient (Wildman–Crippen LogP) is 2.81. The first-order valence-electron chi connectivity index (χ1n) is 4.66. The van der Waals surface area contributed by atoms with Gasteiger partial charge < -0.3 is 15.2 Å². The van der Waals surface area contributed by atoms with E-state index in [0.29, 0.717) is 4.47 Å². The third kappa shape index (κ3) is 3.55. The van der Waals surface area contributed by atoms with Crippen LogP contribution in [0.15, 0.2) is 16.6 Å². The summed E-state index contributed by atoms with van der Waals surface area (Å²) < 4.78 is 33.6. The van der Waals surface area contributed by atoms with Gasteiger partial charge in [-0.1, -0.05) is 0 Å². The fourth-order valence-corrected chi connectivity index (χ4v) is 1.46. The molecule has 0 unspecified atom stereocenters. The molecule has 1 aromatic carbocycles. The molecule has 17 heavy (non-hydrogen) atoms. The van der Waals surface area contributed by atoms with Gasteiger partial charge in [0.2, 0.25) is 0 Å². The molecule has 0 aromatic heterocycles. The van der Waals surface area contributed by atoms with Crippen LogP contribution in [0.5, 0.6) is 5.75 Å². The average molecular weight is 310 g/mol. The van der Waals surface area contributed by atoms with Crippen LogP contribution < -0.4 is 10.5 Å². The number of hydrogen-bond donors (Lipinski definition) is 1. The van der Waals surface area contributed by atoms with E-state index in [0.717, 1.165) is 0 Å². The number of alkyl halides is 2. The van der Waals surface area contributed by atoms with Gasteiger partial charge in [-0.25, -0.2) is 4.79 Å². The van der Waals surface area contributed by atoms with Crippen molar-refractivity contribution in [2.24, 2.45) is 0 Å². The molecule has 0 fully saturated rings. The summed E-state index contributed by atoms with van der Waals surface area (Å²) in [7, 11) is 0. The Morgan fingerprint density at radius 3 is 2.71 bits per heavy atom. The van der Waals surface area contributed by atoms with E-state index < -0.39 is 12.6 Å². The first kappa shape index (κ1) is 13.7. The summed E-state index contributed by atoms with van der Waals surface area (Å²) in [6.07, 6.45) is 0. The summed E-state index contributed by atoms with van der Waals surface area (Å²) in [4.78, 5) is 11.5. The van der Waals surface area contributed by atoms with E-state index in [1.165, 1.54) is 12.1 Å².